The van der Waals surface area contributed by atoms with E-state index in [2.05, 4.69) is 27.2 Å². The minimum atomic E-state index is 0.206. The van der Waals surface area contributed by atoms with Crippen LogP contribution < -0.4 is 4.74 Å². The van der Waals surface area contributed by atoms with Gasteiger partial charge < -0.3 is 9.57 Å². The van der Waals surface area contributed by atoms with Crippen LogP contribution in [0.5, 0.6) is 5.75 Å². The molecule has 0 bridgehead atoms. The first kappa shape index (κ1) is 21.2. The van der Waals surface area contributed by atoms with Gasteiger partial charge in [-0.2, -0.15) is 5.26 Å². The van der Waals surface area contributed by atoms with E-state index in [1.807, 2.05) is 42.5 Å². The molecule has 0 radical (unpaired) electrons. The summed E-state index contributed by atoms with van der Waals surface area (Å²) in [4.78, 5) is 5.31. The van der Waals surface area contributed by atoms with Gasteiger partial charge in [0.1, 0.15) is 13.2 Å². The first-order valence-electron chi connectivity index (χ1n) is 8.56. The number of halogens is 3. The van der Waals surface area contributed by atoms with E-state index >= 15 is 0 Å². The molecule has 0 aliphatic heterocycles. The molecule has 0 N–H and O–H groups in total. The average Bonchev–Trinajstić information content (AvgIpc) is 2.72. The molecule has 3 rings (SSSR count). The van der Waals surface area contributed by atoms with Crippen LogP contribution in [-0.4, -0.2) is 6.21 Å². The standard InChI is InChI=1S/C22H15BrCl2N2O2/c23-20-9-16(12-27-29-14-18-4-2-1-3-17(18)11-26)10-21(25)22(20)28-13-15-5-7-19(24)8-6-15/h1-10,12H,13-14H2/b27-12-. The van der Waals surface area contributed by atoms with Crippen molar-refractivity contribution >= 4 is 45.3 Å². The van der Waals surface area contributed by atoms with Gasteiger partial charge in [-0.15, -0.1) is 0 Å². The number of ether oxygens (including phenoxy) is 1. The minimum Gasteiger partial charge on any atom is -0.486 e. The summed E-state index contributed by atoms with van der Waals surface area (Å²) in [6.45, 7) is 0.571. The van der Waals surface area contributed by atoms with E-state index in [1.165, 1.54) is 0 Å². The van der Waals surface area contributed by atoms with Crippen molar-refractivity contribution in [1.29, 1.82) is 5.26 Å². The molecule has 0 aliphatic rings. The highest BCUT2D eigenvalue weighted by molar-refractivity contribution is 9.10. The lowest BCUT2D eigenvalue weighted by Gasteiger charge is -2.11. The number of nitriles is 1. The lowest BCUT2D eigenvalue weighted by Crippen LogP contribution is -1.97. The van der Waals surface area contributed by atoms with Gasteiger partial charge in [-0.05, 0) is 57.4 Å². The Morgan fingerprint density at radius 2 is 1.79 bits per heavy atom. The van der Waals surface area contributed by atoms with Crippen LogP contribution >= 0.6 is 39.1 Å². The lowest BCUT2D eigenvalue weighted by atomic mass is 10.1. The van der Waals surface area contributed by atoms with Crippen molar-refractivity contribution < 1.29 is 9.57 Å². The molecule has 0 atom stereocenters. The first-order valence-corrected chi connectivity index (χ1v) is 10.1. The Morgan fingerprint density at radius 1 is 1.03 bits per heavy atom. The van der Waals surface area contributed by atoms with Gasteiger partial charge in [0.15, 0.2) is 5.75 Å². The lowest BCUT2D eigenvalue weighted by molar-refractivity contribution is 0.132. The number of hydrogen-bond acceptors (Lipinski definition) is 4. The summed E-state index contributed by atoms with van der Waals surface area (Å²) in [5, 5.41) is 14.2. The highest BCUT2D eigenvalue weighted by atomic mass is 79.9. The van der Waals surface area contributed by atoms with Crippen LogP contribution in [0.2, 0.25) is 10.0 Å². The zero-order valence-corrected chi connectivity index (χ0v) is 18.2. The summed E-state index contributed by atoms with van der Waals surface area (Å²) in [5.41, 5.74) is 3.07. The van der Waals surface area contributed by atoms with Crippen molar-refractivity contribution in [3.8, 4) is 11.8 Å². The molecule has 0 amide bonds. The second kappa shape index (κ2) is 10.3. The summed E-state index contributed by atoms with van der Waals surface area (Å²) in [7, 11) is 0. The smallest absolute Gasteiger partial charge is 0.152 e. The predicted molar refractivity (Wildman–Crippen MR) is 118 cm³/mol. The Labute approximate surface area is 187 Å². The van der Waals surface area contributed by atoms with Gasteiger partial charge in [-0.25, -0.2) is 0 Å². The highest BCUT2D eigenvalue weighted by Crippen LogP contribution is 2.34. The van der Waals surface area contributed by atoms with Gasteiger partial charge in [0.05, 0.1) is 27.3 Å². The Bertz CT molecular complexity index is 1040. The van der Waals surface area contributed by atoms with Crippen molar-refractivity contribution in [1.82, 2.24) is 0 Å². The van der Waals surface area contributed by atoms with Crippen molar-refractivity contribution in [3.63, 3.8) is 0 Å². The number of nitrogens with zero attached hydrogens (tertiary/aromatic N) is 2. The van der Waals surface area contributed by atoms with E-state index in [0.29, 0.717) is 32.4 Å². The molecule has 29 heavy (non-hydrogen) atoms. The van der Waals surface area contributed by atoms with Crippen LogP contribution in [0, 0.1) is 11.3 Å². The Balaban J connectivity index is 1.61. The van der Waals surface area contributed by atoms with Gasteiger partial charge in [-0.3, -0.25) is 0 Å². The van der Waals surface area contributed by atoms with Crippen LogP contribution in [-0.2, 0) is 18.1 Å². The topological polar surface area (TPSA) is 54.6 Å². The highest BCUT2D eigenvalue weighted by Gasteiger charge is 2.09. The van der Waals surface area contributed by atoms with Gasteiger partial charge in [-0.1, -0.05) is 58.7 Å². The number of benzene rings is 3. The summed E-state index contributed by atoms with van der Waals surface area (Å²) in [6.07, 6.45) is 1.55. The second-order valence-corrected chi connectivity index (χ2v) is 7.70. The van der Waals surface area contributed by atoms with E-state index in [1.54, 1.807) is 24.4 Å². The molecule has 0 aromatic heterocycles. The maximum absolute atomic E-state index is 9.09. The summed E-state index contributed by atoms with van der Waals surface area (Å²) in [6, 6.07) is 20.3. The molecule has 7 heteroatoms. The fourth-order valence-corrected chi connectivity index (χ4v) is 3.60. The van der Waals surface area contributed by atoms with Gasteiger partial charge >= 0.3 is 0 Å². The SMILES string of the molecule is N#Cc1ccccc1CO/N=C\c1cc(Cl)c(OCc2ccc(Cl)cc2)c(Br)c1. The molecule has 0 heterocycles. The number of rotatable bonds is 7. The molecule has 0 unspecified atom stereocenters. The summed E-state index contributed by atoms with van der Waals surface area (Å²) in [5.74, 6) is 0.544. The zero-order chi connectivity index (χ0) is 20.6. The Morgan fingerprint density at radius 3 is 2.52 bits per heavy atom. The average molecular weight is 490 g/mol. The van der Waals surface area contributed by atoms with E-state index in [-0.39, 0.29) is 6.61 Å². The van der Waals surface area contributed by atoms with Crippen molar-refractivity contribution in [2.75, 3.05) is 0 Å². The summed E-state index contributed by atoms with van der Waals surface area (Å²) < 4.78 is 6.53. The molecule has 0 saturated carbocycles. The first-order chi connectivity index (χ1) is 14.1. The molecule has 3 aromatic rings. The molecule has 0 saturated heterocycles. The quantitative estimate of drug-likeness (QED) is 0.272. The van der Waals surface area contributed by atoms with Crippen LogP contribution in [0.3, 0.4) is 0 Å². The Kier molecular flexibility index (Phi) is 7.54. The zero-order valence-electron chi connectivity index (χ0n) is 15.1. The van der Waals surface area contributed by atoms with Crippen LogP contribution in [0.4, 0.5) is 0 Å². The number of oxime groups is 1. The normalized spacial score (nSPS) is 10.7. The van der Waals surface area contributed by atoms with Gasteiger partial charge in [0.2, 0.25) is 0 Å². The van der Waals surface area contributed by atoms with Crippen LogP contribution in [0.25, 0.3) is 0 Å². The fraction of sp³-hybridized carbons (Fsp3) is 0.0909. The van der Waals surface area contributed by atoms with Crippen molar-refractivity contribution in [3.05, 3.63) is 97.4 Å². The van der Waals surface area contributed by atoms with E-state index in [0.717, 1.165) is 16.7 Å². The number of hydrogen-bond donors (Lipinski definition) is 0. The van der Waals surface area contributed by atoms with Crippen molar-refractivity contribution in [2.24, 2.45) is 5.16 Å². The fourth-order valence-electron chi connectivity index (χ4n) is 2.49. The maximum Gasteiger partial charge on any atom is 0.152 e. The third-order valence-electron chi connectivity index (χ3n) is 3.95. The molecule has 4 nitrogen and oxygen atoms in total. The molecular formula is C22H15BrCl2N2O2. The van der Waals surface area contributed by atoms with E-state index in [9.17, 15) is 0 Å². The van der Waals surface area contributed by atoms with Crippen molar-refractivity contribution in [2.45, 2.75) is 13.2 Å². The maximum atomic E-state index is 9.09. The summed E-state index contributed by atoms with van der Waals surface area (Å²) >= 11 is 15.7. The molecule has 146 valence electrons. The largest absolute Gasteiger partial charge is 0.486 e. The minimum absolute atomic E-state index is 0.206. The molecule has 3 aromatic carbocycles. The second-order valence-electron chi connectivity index (χ2n) is 6.01. The van der Waals surface area contributed by atoms with E-state index < -0.39 is 0 Å². The monoisotopic (exact) mass is 488 g/mol. The third-order valence-corrected chi connectivity index (χ3v) is 5.07. The third kappa shape index (κ3) is 5.98. The van der Waals surface area contributed by atoms with Crippen LogP contribution in [0.15, 0.2) is 70.3 Å². The van der Waals surface area contributed by atoms with Crippen LogP contribution in [0.1, 0.15) is 22.3 Å². The Hall–Kier alpha value is -2.52. The van der Waals surface area contributed by atoms with E-state index in [4.69, 9.17) is 38.0 Å². The van der Waals surface area contributed by atoms with Gasteiger partial charge in [0.25, 0.3) is 0 Å². The molecule has 0 aliphatic carbocycles. The molecule has 0 fully saturated rings. The molecule has 0 spiro atoms. The van der Waals surface area contributed by atoms with Gasteiger partial charge in [0, 0.05) is 10.6 Å². The molecular weight excluding hydrogens is 475 g/mol. The predicted octanol–water partition coefficient (Wildman–Crippen LogP) is 6.76.